The lowest BCUT2D eigenvalue weighted by Gasteiger charge is -2.18. The summed E-state index contributed by atoms with van der Waals surface area (Å²) in [7, 11) is 0. The van der Waals surface area contributed by atoms with Crippen molar-refractivity contribution in [2.45, 2.75) is 80.7 Å². The Morgan fingerprint density at radius 3 is 2.62 bits per heavy atom. The number of carbonyl (C=O) groups is 1. The molecule has 2 N–H and O–H groups in total. The van der Waals surface area contributed by atoms with E-state index in [4.69, 9.17) is 0 Å². The lowest BCUT2D eigenvalue weighted by atomic mass is 10.1. The highest BCUT2D eigenvalue weighted by Gasteiger charge is 2.28. The Bertz CT molecular complexity index is 478. The molecule has 5 nitrogen and oxygen atoms in total. The van der Waals surface area contributed by atoms with E-state index in [1.165, 1.54) is 50.3 Å². The zero-order chi connectivity index (χ0) is 14.7. The van der Waals surface area contributed by atoms with Gasteiger partial charge in [0.25, 0.3) is 0 Å². The molecule has 1 aromatic rings. The molecule has 1 amide bonds. The molecule has 1 heterocycles. The van der Waals surface area contributed by atoms with Crippen molar-refractivity contribution in [3.8, 4) is 0 Å². The van der Waals surface area contributed by atoms with Gasteiger partial charge in [-0.1, -0.05) is 37.4 Å². The van der Waals surface area contributed by atoms with Gasteiger partial charge in [0, 0.05) is 12.0 Å². The van der Waals surface area contributed by atoms with Crippen molar-refractivity contribution in [2.24, 2.45) is 0 Å². The Kier molecular flexibility index (Phi) is 4.83. The van der Waals surface area contributed by atoms with Crippen molar-refractivity contribution in [3.63, 3.8) is 0 Å². The number of aromatic amines is 1. The second kappa shape index (κ2) is 6.81. The Morgan fingerprint density at radius 1 is 1.24 bits per heavy atom. The van der Waals surface area contributed by atoms with Gasteiger partial charge in [0.1, 0.15) is 5.82 Å². The molecule has 0 bridgehead atoms. The molecular formula is C15H24N4OS. The van der Waals surface area contributed by atoms with Gasteiger partial charge in [-0.3, -0.25) is 9.89 Å². The van der Waals surface area contributed by atoms with E-state index in [2.05, 4.69) is 20.5 Å². The van der Waals surface area contributed by atoms with Crippen molar-refractivity contribution in [1.82, 2.24) is 20.5 Å². The molecule has 0 aliphatic heterocycles. The summed E-state index contributed by atoms with van der Waals surface area (Å²) in [6.45, 7) is 1.93. The summed E-state index contributed by atoms with van der Waals surface area (Å²) in [4.78, 5) is 16.8. The monoisotopic (exact) mass is 308 g/mol. The maximum Gasteiger partial charge on any atom is 0.233 e. The standard InChI is InChI=1S/C15H24N4OS/c1-10(14(20)16-12-6-4-2-3-5-7-12)21-15-17-13(18-19-15)11-8-9-11/h10-12H,2-9H2,1H3,(H,16,20)(H,17,18,19). The van der Waals surface area contributed by atoms with Crippen molar-refractivity contribution in [2.75, 3.05) is 0 Å². The minimum absolute atomic E-state index is 0.115. The van der Waals surface area contributed by atoms with Gasteiger partial charge >= 0.3 is 0 Å². The zero-order valence-electron chi connectivity index (χ0n) is 12.6. The van der Waals surface area contributed by atoms with Gasteiger partial charge in [0.15, 0.2) is 0 Å². The van der Waals surface area contributed by atoms with E-state index in [0.29, 0.717) is 17.1 Å². The second-order valence-electron chi connectivity index (χ2n) is 6.23. The number of nitrogens with one attached hydrogen (secondary N) is 2. The van der Waals surface area contributed by atoms with Crippen LogP contribution in [0.1, 0.15) is 70.0 Å². The number of H-pyrrole nitrogens is 1. The van der Waals surface area contributed by atoms with Crippen LogP contribution in [-0.2, 0) is 4.79 Å². The topological polar surface area (TPSA) is 70.7 Å². The van der Waals surface area contributed by atoms with Crippen molar-refractivity contribution < 1.29 is 4.79 Å². The molecule has 0 aromatic carbocycles. The number of carbonyl (C=O) groups excluding carboxylic acids is 1. The van der Waals surface area contributed by atoms with Crippen LogP contribution in [0.2, 0.25) is 0 Å². The lowest BCUT2D eigenvalue weighted by Crippen LogP contribution is -2.39. The summed E-state index contributed by atoms with van der Waals surface area (Å²) in [6.07, 6.45) is 9.73. The fraction of sp³-hybridized carbons (Fsp3) is 0.800. The summed E-state index contributed by atoms with van der Waals surface area (Å²) < 4.78 is 0. The first-order valence-corrected chi connectivity index (χ1v) is 8.99. The molecule has 0 radical (unpaired) electrons. The molecule has 2 fully saturated rings. The molecule has 2 aliphatic rings. The first kappa shape index (κ1) is 14.9. The summed E-state index contributed by atoms with van der Waals surface area (Å²) in [6, 6.07) is 0.359. The summed E-state index contributed by atoms with van der Waals surface area (Å²) in [5, 5.41) is 10.9. The number of nitrogens with zero attached hydrogens (tertiary/aromatic N) is 2. The fourth-order valence-electron chi connectivity index (χ4n) is 2.80. The molecule has 0 saturated heterocycles. The van der Waals surface area contributed by atoms with Gasteiger partial charge < -0.3 is 5.32 Å². The maximum atomic E-state index is 12.3. The number of aromatic nitrogens is 3. The van der Waals surface area contributed by atoms with Crippen LogP contribution in [0.5, 0.6) is 0 Å². The largest absolute Gasteiger partial charge is 0.352 e. The predicted octanol–water partition coefficient (Wildman–Crippen LogP) is 3.00. The van der Waals surface area contributed by atoms with Crippen LogP contribution in [0.4, 0.5) is 0 Å². The van der Waals surface area contributed by atoms with E-state index < -0.39 is 0 Å². The Labute approximate surface area is 130 Å². The molecule has 1 aromatic heterocycles. The highest BCUT2D eigenvalue weighted by atomic mass is 32.2. The number of thioether (sulfide) groups is 1. The Morgan fingerprint density at radius 2 is 1.95 bits per heavy atom. The fourth-order valence-corrected chi connectivity index (χ4v) is 3.54. The van der Waals surface area contributed by atoms with E-state index in [1.807, 2.05) is 6.92 Å². The van der Waals surface area contributed by atoms with Gasteiger partial charge in [-0.25, -0.2) is 4.98 Å². The van der Waals surface area contributed by atoms with Gasteiger partial charge in [0.05, 0.1) is 5.25 Å². The van der Waals surface area contributed by atoms with E-state index in [9.17, 15) is 4.79 Å². The van der Waals surface area contributed by atoms with Crippen LogP contribution in [-0.4, -0.2) is 32.4 Å². The molecule has 2 saturated carbocycles. The molecule has 1 atom stereocenters. The Hall–Kier alpha value is -1.04. The van der Waals surface area contributed by atoms with E-state index in [0.717, 1.165) is 18.7 Å². The van der Waals surface area contributed by atoms with Gasteiger partial charge in [-0.05, 0) is 32.6 Å². The number of hydrogen-bond donors (Lipinski definition) is 2. The van der Waals surface area contributed by atoms with Crippen molar-refractivity contribution in [3.05, 3.63) is 5.82 Å². The molecule has 116 valence electrons. The SMILES string of the molecule is CC(Sc1n[nH]c(C2CC2)n1)C(=O)NC1CCCCCC1. The van der Waals surface area contributed by atoms with E-state index in [1.54, 1.807) is 0 Å². The third-order valence-electron chi connectivity index (χ3n) is 4.30. The smallest absolute Gasteiger partial charge is 0.233 e. The number of hydrogen-bond acceptors (Lipinski definition) is 4. The number of amides is 1. The van der Waals surface area contributed by atoms with Crippen LogP contribution in [0.3, 0.4) is 0 Å². The summed E-state index contributed by atoms with van der Waals surface area (Å²) >= 11 is 1.45. The van der Waals surface area contributed by atoms with Crippen molar-refractivity contribution >= 4 is 17.7 Å². The average Bonchev–Trinajstić information content (AvgIpc) is 3.26. The summed E-state index contributed by atoms with van der Waals surface area (Å²) in [5.41, 5.74) is 0. The van der Waals surface area contributed by atoms with Crippen LogP contribution in [0.15, 0.2) is 5.16 Å². The van der Waals surface area contributed by atoms with E-state index >= 15 is 0 Å². The molecule has 0 spiro atoms. The van der Waals surface area contributed by atoms with Crippen LogP contribution in [0, 0.1) is 0 Å². The first-order valence-electron chi connectivity index (χ1n) is 8.11. The van der Waals surface area contributed by atoms with Gasteiger partial charge in [0.2, 0.25) is 11.1 Å². The molecule has 2 aliphatic carbocycles. The second-order valence-corrected chi connectivity index (χ2v) is 7.54. The van der Waals surface area contributed by atoms with Gasteiger partial charge in [-0.2, -0.15) is 0 Å². The Balaban J connectivity index is 1.48. The highest BCUT2D eigenvalue weighted by molar-refractivity contribution is 8.00. The average molecular weight is 308 g/mol. The van der Waals surface area contributed by atoms with E-state index in [-0.39, 0.29) is 11.2 Å². The lowest BCUT2D eigenvalue weighted by molar-refractivity contribution is -0.121. The molecule has 21 heavy (non-hydrogen) atoms. The van der Waals surface area contributed by atoms with Crippen LogP contribution >= 0.6 is 11.8 Å². The molecular weight excluding hydrogens is 284 g/mol. The highest BCUT2D eigenvalue weighted by Crippen LogP contribution is 2.38. The van der Waals surface area contributed by atoms with Crippen LogP contribution < -0.4 is 5.32 Å². The third-order valence-corrected chi connectivity index (χ3v) is 5.26. The summed E-state index contributed by atoms with van der Waals surface area (Å²) in [5.74, 6) is 1.67. The normalized spacial score (nSPS) is 21.8. The van der Waals surface area contributed by atoms with Gasteiger partial charge in [-0.15, -0.1) is 5.10 Å². The predicted molar refractivity (Wildman–Crippen MR) is 83.3 cm³/mol. The quantitative estimate of drug-likeness (QED) is 0.648. The van der Waals surface area contributed by atoms with Crippen molar-refractivity contribution in [1.29, 1.82) is 0 Å². The minimum atomic E-state index is -0.142. The number of rotatable bonds is 5. The molecule has 6 heteroatoms. The molecule has 1 unspecified atom stereocenters. The molecule has 3 rings (SSSR count). The first-order chi connectivity index (χ1) is 10.2. The third kappa shape index (κ3) is 4.22. The zero-order valence-corrected chi connectivity index (χ0v) is 13.4. The minimum Gasteiger partial charge on any atom is -0.352 e. The van der Waals surface area contributed by atoms with Crippen LogP contribution in [0.25, 0.3) is 0 Å². The maximum absolute atomic E-state index is 12.3.